The lowest BCUT2D eigenvalue weighted by atomic mass is 9.73. The summed E-state index contributed by atoms with van der Waals surface area (Å²) in [6.07, 6.45) is 25.5. The lowest BCUT2D eigenvalue weighted by Gasteiger charge is -2.34. The Morgan fingerprint density at radius 1 is 0.595 bits per heavy atom. The summed E-state index contributed by atoms with van der Waals surface area (Å²) < 4.78 is 18.6. The zero-order chi connectivity index (χ0) is 31.5. The molecule has 1 aromatic rings. The number of rotatable bonds is 26. The van der Waals surface area contributed by atoms with Crippen molar-refractivity contribution < 1.29 is 19.1 Å². The van der Waals surface area contributed by atoms with Crippen LogP contribution in [0.25, 0.3) is 0 Å². The lowest BCUT2D eigenvalue weighted by Crippen LogP contribution is -2.24. The van der Waals surface area contributed by atoms with E-state index in [9.17, 15) is 14.4 Å². The van der Waals surface area contributed by atoms with Crippen molar-refractivity contribution in [3.63, 3.8) is 0 Å². The molecule has 4 nitrogen and oxygen atoms in total. The van der Waals surface area contributed by atoms with E-state index in [0.717, 1.165) is 54.5 Å². The van der Waals surface area contributed by atoms with Crippen LogP contribution in [0.2, 0.25) is 0 Å². The molecule has 0 radical (unpaired) electrons. The number of hydrogen-bond acceptors (Lipinski definition) is 2. The van der Waals surface area contributed by atoms with Crippen LogP contribution in [-0.2, 0) is 21.6 Å². The number of benzene rings is 1. The Balaban J connectivity index is 2.63. The summed E-state index contributed by atoms with van der Waals surface area (Å²) in [5.41, 5.74) is 2.65. The molecule has 1 rings (SSSR count). The molecule has 2 N–H and O–H groups in total. The van der Waals surface area contributed by atoms with Crippen molar-refractivity contribution in [2.24, 2.45) is 0 Å². The summed E-state index contributed by atoms with van der Waals surface area (Å²) in [7, 11) is -4.17. The average molecular weight is 609 g/mol. The van der Waals surface area contributed by atoms with E-state index in [4.69, 9.17) is 4.74 Å². The SMILES string of the molecule is CCCCCCCCCCCCCCCCCCOc1c(C(C)(C)CCC)cc(CP(=O)(O)O)cc1C(C)(C)CCC. The Morgan fingerprint density at radius 3 is 1.29 bits per heavy atom. The van der Waals surface area contributed by atoms with Crippen molar-refractivity contribution in [1.29, 1.82) is 0 Å². The molecule has 1 aromatic carbocycles. The van der Waals surface area contributed by atoms with Gasteiger partial charge in [-0.15, -0.1) is 0 Å². The number of ether oxygens (including phenoxy) is 1. The largest absolute Gasteiger partial charge is 0.493 e. The standard InChI is InChI=1S/C37H69O4P/c1-8-11-12-13-14-15-16-17-18-19-20-21-22-23-24-25-28-41-35-33(36(4,5)26-9-2)29-32(31-42(38,39)40)30-34(35)37(6,7)27-10-3/h29-30H,8-28,31H2,1-7H3,(H2,38,39,40). The minimum Gasteiger partial charge on any atom is -0.493 e. The van der Waals surface area contributed by atoms with E-state index >= 15 is 0 Å². The molecule has 0 aromatic heterocycles. The van der Waals surface area contributed by atoms with Crippen LogP contribution in [0.15, 0.2) is 12.1 Å². The fourth-order valence-electron chi connectivity index (χ4n) is 6.52. The van der Waals surface area contributed by atoms with E-state index in [-0.39, 0.29) is 17.0 Å². The molecule has 0 aliphatic rings. The quantitative estimate of drug-likeness (QED) is 0.0811. The molecule has 0 aliphatic heterocycles. The van der Waals surface area contributed by atoms with Crippen LogP contribution in [-0.4, -0.2) is 16.4 Å². The fraction of sp³-hybridized carbons (Fsp3) is 0.838. The molecule has 0 heterocycles. The van der Waals surface area contributed by atoms with Crippen LogP contribution >= 0.6 is 7.60 Å². The lowest BCUT2D eigenvalue weighted by molar-refractivity contribution is 0.282. The van der Waals surface area contributed by atoms with Crippen LogP contribution in [0.5, 0.6) is 5.75 Å². The van der Waals surface area contributed by atoms with Gasteiger partial charge in [-0.3, -0.25) is 4.57 Å². The van der Waals surface area contributed by atoms with Gasteiger partial charge < -0.3 is 14.5 Å². The van der Waals surface area contributed by atoms with Crippen molar-refractivity contribution in [1.82, 2.24) is 0 Å². The molecule has 0 unspecified atom stereocenters. The number of unbranched alkanes of at least 4 members (excludes halogenated alkanes) is 15. The molecule has 0 atom stereocenters. The minimum atomic E-state index is -4.17. The van der Waals surface area contributed by atoms with Crippen LogP contribution < -0.4 is 4.74 Å². The highest BCUT2D eigenvalue weighted by atomic mass is 31.2. The van der Waals surface area contributed by atoms with Gasteiger partial charge in [0.2, 0.25) is 0 Å². The van der Waals surface area contributed by atoms with Gasteiger partial charge in [-0.05, 0) is 35.7 Å². The van der Waals surface area contributed by atoms with Crippen molar-refractivity contribution in [2.75, 3.05) is 6.61 Å². The van der Waals surface area contributed by atoms with E-state index in [1.54, 1.807) is 0 Å². The average Bonchev–Trinajstić information content (AvgIpc) is 2.89. The highest BCUT2D eigenvalue weighted by Gasteiger charge is 2.32. The predicted octanol–water partition coefficient (Wildman–Crippen LogP) is 12.2. The van der Waals surface area contributed by atoms with Gasteiger partial charge in [0.1, 0.15) is 5.75 Å². The van der Waals surface area contributed by atoms with Gasteiger partial charge in [0.15, 0.2) is 0 Å². The summed E-state index contributed by atoms with van der Waals surface area (Å²) in [6.45, 7) is 16.3. The maximum atomic E-state index is 12.0. The van der Waals surface area contributed by atoms with Crippen molar-refractivity contribution in [2.45, 2.75) is 194 Å². The van der Waals surface area contributed by atoms with Crippen molar-refractivity contribution in [3.05, 3.63) is 28.8 Å². The second kappa shape index (κ2) is 21.0. The van der Waals surface area contributed by atoms with E-state index in [1.807, 2.05) is 12.1 Å². The first-order valence-corrected chi connectivity index (χ1v) is 19.5. The molecule has 246 valence electrons. The van der Waals surface area contributed by atoms with Crippen LogP contribution in [0, 0.1) is 0 Å². The topological polar surface area (TPSA) is 66.8 Å². The Bertz CT molecular complexity index is 847. The van der Waals surface area contributed by atoms with Crippen molar-refractivity contribution in [3.8, 4) is 5.75 Å². The molecule has 42 heavy (non-hydrogen) atoms. The molecule has 0 saturated heterocycles. The first-order valence-electron chi connectivity index (χ1n) is 17.7. The van der Waals surface area contributed by atoms with Gasteiger partial charge in [-0.2, -0.15) is 0 Å². The summed E-state index contributed by atoms with van der Waals surface area (Å²) >= 11 is 0. The highest BCUT2D eigenvalue weighted by Crippen LogP contribution is 2.47. The van der Waals surface area contributed by atoms with Crippen LogP contribution in [0.4, 0.5) is 0 Å². The third-order valence-corrected chi connectivity index (χ3v) is 9.77. The summed E-state index contributed by atoms with van der Waals surface area (Å²) in [5, 5.41) is 0. The molecular formula is C37H69O4P. The molecule has 5 heteroatoms. The predicted molar refractivity (Wildman–Crippen MR) is 183 cm³/mol. The Kier molecular flexibility index (Phi) is 19.6. The van der Waals surface area contributed by atoms with Gasteiger partial charge in [0.05, 0.1) is 12.8 Å². The molecule has 0 amide bonds. The maximum absolute atomic E-state index is 12.0. The van der Waals surface area contributed by atoms with E-state index in [1.165, 1.54) is 96.3 Å². The van der Waals surface area contributed by atoms with Gasteiger partial charge in [0, 0.05) is 11.1 Å². The zero-order valence-corrected chi connectivity index (χ0v) is 29.8. The summed E-state index contributed by atoms with van der Waals surface area (Å²) in [6, 6.07) is 4.03. The third kappa shape index (κ3) is 16.3. The molecule has 0 spiro atoms. The van der Waals surface area contributed by atoms with Crippen LogP contribution in [0.1, 0.15) is 194 Å². The monoisotopic (exact) mass is 608 g/mol. The Labute approximate surface area is 261 Å². The van der Waals surface area contributed by atoms with E-state index in [0.29, 0.717) is 6.61 Å². The third-order valence-electron chi connectivity index (χ3n) is 8.99. The van der Waals surface area contributed by atoms with E-state index in [2.05, 4.69) is 48.5 Å². The highest BCUT2D eigenvalue weighted by molar-refractivity contribution is 7.50. The van der Waals surface area contributed by atoms with Gasteiger partial charge in [-0.1, -0.05) is 170 Å². The summed E-state index contributed by atoms with van der Waals surface area (Å²) in [4.78, 5) is 19.6. The normalized spacial score (nSPS) is 12.7. The summed E-state index contributed by atoms with van der Waals surface area (Å²) in [5.74, 6) is 0.960. The number of hydrogen-bond donors (Lipinski definition) is 2. The first-order chi connectivity index (χ1) is 19.9. The maximum Gasteiger partial charge on any atom is 0.329 e. The van der Waals surface area contributed by atoms with Gasteiger partial charge in [0.25, 0.3) is 0 Å². The fourth-order valence-corrected chi connectivity index (χ4v) is 7.18. The first kappa shape index (κ1) is 39.2. The molecule has 0 aliphatic carbocycles. The van der Waals surface area contributed by atoms with E-state index < -0.39 is 7.60 Å². The zero-order valence-electron chi connectivity index (χ0n) is 28.9. The van der Waals surface area contributed by atoms with Gasteiger partial charge in [-0.25, -0.2) is 0 Å². The minimum absolute atomic E-state index is 0.138. The van der Waals surface area contributed by atoms with Gasteiger partial charge >= 0.3 is 7.60 Å². The molecule has 0 bridgehead atoms. The second-order valence-electron chi connectivity index (χ2n) is 14.3. The Morgan fingerprint density at radius 2 is 0.952 bits per heavy atom. The smallest absolute Gasteiger partial charge is 0.329 e. The molecule has 0 saturated carbocycles. The molecular weight excluding hydrogens is 539 g/mol. The molecule has 0 fully saturated rings. The second-order valence-corrected chi connectivity index (χ2v) is 15.9. The Hall–Kier alpha value is -0.830. The van der Waals surface area contributed by atoms with Crippen molar-refractivity contribution >= 4 is 7.60 Å². The van der Waals surface area contributed by atoms with Crippen LogP contribution in [0.3, 0.4) is 0 Å².